The van der Waals surface area contributed by atoms with Gasteiger partial charge >= 0.3 is 12.0 Å². The lowest BCUT2D eigenvalue weighted by Crippen LogP contribution is -2.54. The second kappa shape index (κ2) is 6.43. The summed E-state index contributed by atoms with van der Waals surface area (Å²) in [5, 5.41) is 8.78. The van der Waals surface area contributed by atoms with E-state index in [4.69, 9.17) is 5.11 Å². The Kier molecular flexibility index (Phi) is 4.86. The van der Waals surface area contributed by atoms with Crippen molar-refractivity contribution in [3.63, 3.8) is 0 Å². The van der Waals surface area contributed by atoms with Gasteiger partial charge in [0.25, 0.3) is 0 Å². The SMILES string of the molecule is CC(C)C1CCCN1C(=O)N1CCN(CC(=O)O)CC1. The fraction of sp³-hybridized carbons (Fsp3) is 0.857. The number of hydrogen-bond acceptors (Lipinski definition) is 3. The molecule has 0 bridgehead atoms. The van der Waals surface area contributed by atoms with E-state index in [1.54, 1.807) is 0 Å². The first-order valence-corrected chi connectivity index (χ1v) is 7.48. The van der Waals surface area contributed by atoms with E-state index in [2.05, 4.69) is 13.8 Å². The number of hydrogen-bond donors (Lipinski definition) is 1. The standard InChI is InChI=1S/C14H25N3O3/c1-11(2)12-4-3-5-17(12)14(20)16-8-6-15(7-9-16)10-13(18)19/h11-12H,3-10H2,1-2H3,(H,18,19). The van der Waals surface area contributed by atoms with Crippen LogP contribution in [0.3, 0.4) is 0 Å². The summed E-state index contributed by atoms with van der Waals surface area (Å²) in [7, 11) is 0. The highest BCUT2D eigenvalue weighted by Gasteiger charge is 2.34. The summed E-state index contributed by atoms with van der Waals surface area (Å²) >= 11 is 0. The molecule has 2 fully saturated rings. The molecule has 0 radical (unpaired) electrons. The van der Waals surface area contributed by atoms with Crippen LogP contribution in [0.25, 0.3) is 0 Å². The van der Waals surface area contributed by atoms with Gasteiger partial charge in [0.15, 0.2) is 0 Å². The average molecular weight is 283 g/mol. The number of carbonyl (C=O) groups is 2. The first kappa shape index (κ1) is 15.1. The number of carbonyl (C=O) groups excluding carboxylic acids is 1. The van der Waals surface area contributed by atoms with E-state index in [0.29, 0.717) is 38.1 Å². The first-order valence-electron chi connectivity index (χ1n) is 7.48. The molecule has 114 valence electrons. The van der Waals surface area contributed by atoms with Crippen molar-refractivity contribution in [2.75, 3.05) is 39.3 Å². The molecule has 0 aromatic heterocycles. The molecule has 2 rings (SSSR count). The fourth-order valence-corrected chi connectivity index (χ4v) is 3.19. The minimum atomic E-state index is -0.802. The van der Waals surface area contributed by atoms with Gasteiger partial charge in [-0.1, -0.05) is 13.8 Å². The molecule has 0 aromatic carbocycles. The molecule has 6 heteroatoms. The van der Waals surface area contributed by atoms with Crippen molar-refractivity contribution < 1.29 is 14.7 Å². The minimum absolute atomic E-state index is 0.0698. The van der Waals surface area contributed by atoms with E-state index in [1.165, 1.54) is 0 Å². The van der Waals surface area contributed by atoms with E-state index in [-0.39, 0.29) is 12.6 Å². The molecule has 6 nitrogen and oxygen atoms in total. The molecule has 1 unspecified atom stereocenters. The van der Waals surface area contributed by atoms with Crippen LogP contribution < -0.4 is 0 Å². The summed E-state index contributed by atoms with van der Waals surface area (Å²) in [6.45, 7) is 7.83. The predicted octanol–water partition coefficient (Wildman–Crippen LogP) is 0.929. The molecule has 0 spiro atoms. The number of piperazine rings is 1. The Morgan fingerprint density at radius 3 is 2.35 bits per heavy atom. The zero-order valence-corrected chi connectivity index (χ0v) is 12.4. The number of urea groups is 1. The van der Waals surface area contributed by atoms with Crippen LogP contribution in [-0.4, -0.2) is 77.1 Å². The van der Waals surface area contributed by atoms with Crippen LogP contribution in [0.4, 0.5) is 4.79 Å². The summed E-state index contributed by atoms with van der Waals surface area (Å²) < 4.78 is 0. The summed E-state index contributed by atoms with van der Waals surface area (Å²) in [4.78, 5) is 29.0. The maximum absolute atomic E-state index is 12.6. The zero-order chi connectivity index (χ0) is 14.7. The Labute approximate surface area is 120 Å². The highest BCUT2D eigenvalue weighted by atomic mass is 16.4. The molecule has 2 aliphatic heterocycles. The summed E-state index contributed by atoms with van der Waals surface area (Å²) in [5.74, 6) is -0.307. The lowest BCUT2D eigenvalue weighted by atomic mass is 10.0. The Morgan fingerprint density at radius 2 is 1.80 bits per heavy atom. The van der Waals surface area contributed by atoms with Gasteiger partial charge in [-0.25, -0.2) is 4.79 Å². The summed E-state index contributed by atoms with van der Waals surface area (Å²) in [6.07, 6.45) is 2.19. The van der Waals surface area contributed by atoms with Gasteiger partial charge in [-0.15, -0.1) is 0 Å². The van der Waals surface area contributed by atoms with Gasteiger partial charge in [0.1, 0.15) is 0 Å². The molecule has 2 heterocycles. The molecular weight excluding hydrogens is 258 g/mol. The highest BCUT2D eigenvalue weighted by Crippen LogP contribution is 2.25. The van der Waals surface area contributed by atoms with E-state index in [0.717, 1.165) is 19.4 Å². The molecule has 2 saturated heterocycles. The van der Waals surface area contributed by atoms with E-state index < -0.39 is 5.97 Å². The zero-order valence-electron chi connectivity index (χ0n) is 12.4. The Hall–Kier alpha value is -1.30. The van der Waals surface area contributed by atoms with Gasteiger partial charge in [0, 0.05) is 38.8 Å². The lowest BCUT2D eigenvalue weighted by molar-refractivity contribution is -0.138. The Bertz CT molecular complexity index is 365. The number of aliphatic carboxylic acids is 1. The Morgan fingerprint density at radius 1 is 1.15 bits per heavy atom. The third kappa shape index (κ3) is 3.42. The minimum Gasteiger partial charge on any atom is -0.480 e. The van der Waals surface area contributed by atoms with Crippen LogP contribution in [-0.2, 0) is 4.79 Å². The number of carboxylic acids is 1. The van der Waals surface area contributed by atoms with Crippen molar-refractivity contribution >= 4 is 12.0 Å². The van der Waals surface area contributed by atoms with E-state index in [1.807, 2.05) is 14.7 Å². The maximum atomic E-state index is 12.6. The van der Waals surface area contributed by atoms with Crippen LogP contribution >= 0.6 is 0 Å². The third-order valence-electron chi connectivity index (χ3n) is 4.32. The van der Waals surface area contributed by atoms with Crippen LogP contribution in [0.1, 0.15) is 26.7 Å². The van der Waals surface area contributed by atoms with Crippen molar-refractivity contribution in [1.82, 2.24) is 14.7 Å². The number of likely N-dealkylation sites (tertiary alicyclic amines) is 1. The van der Waals surface area contributed by atoms with Crippen LogP contribution in [0.5, 0.6) is 0 Å². The van der Waals surface area contributed by atoms with Crippen molar-refractivity contribution in [3.8, 4) is 0 Å². The molecule has 1 N–H and O–H groups in total. The fourth-order valence-electron chi connectivity index (χ4n) is 3.19. The first-order chi connectivity index (χ1) is 9.49. The molecule has 0 aromatic rings. The molecule has 20 heavy (non-hydrogen) atoms. The van der Waals surface area contributed by atoms with E-state index in [9.17, 15) is 9.59 Å². The second-order valence-electron chi connectivity index (χ2n) is 6.09. The molecule has 1 atom stereocenters. The number of carboxylic acid groups (broad SMARTS) is 1. The topological polar surface area (TPSA) is 64.1 Å². The van der Waals surface area contributed by atoms with Crippen LogP contribution in [0, 0.1) is 5.92 Å². The summed E-state index contributed by atoms with van der Waals surface area (Å²) in [6, 6.07) is 0.496. The van der Waals surface area contributed by atoms with Crippen molar-refractivity contribution in [2.45, 2.75) is 32.7 Å². The average Bonchev–Trinajstić information content (AvgIpc) is 2.87. The lowest BCUT2D eigenvalue weighted by Gasteiger charge is -2.38. The van der Waals surface area contributed by atoms with Crippen molar-refractivity contribution in [1.29, 1.82) is 0 Å². The monoisotopic (exact) mass is 283 g/mol. The van der Waals surface area contributed by atoms with Gasteiger partial charge in [-0.2, -0.15) is 0 Å². The van der Waals surface area contributed by atoms with Crippen LogP contribution in [0.15, 0.2) is 0 Å². The van der Waals surface area contributed by atoms with Gasteiger partial charge < -0.3 is 14.9 Å². The van der Waals surface area contributed by atoms with Crippen molar-refractivity contribution in [2.24, 2.45) is 5.92 Å². The summed E-state index contributed by atoms with van der Waals surface area (Å²) in [5.41, 5.74) is 0. The molecular formula is C14H25N3O3. The number of nitrogens with zero attached hydrogens (tertiary/aromatic N) is 3. The van der Waals surface area contributed by atoms with Crippen LogP contribution in [0.2, 0.25) is 0 Å². The van der Waals surface area contributed by atoms with Gasteiger partial charge in [-0.3, -0.25) is 9.69 Å². The number of rotatable bonds is 3. The van der Waals surface area contributed by atoms with Crippen molar-refractivity contribution in [3.05, 3.63) is 0 Å². The maximum Gasteiger partial charge on any atom is 0.320 e. The van der Waals surface area contributed by atoms with Gasteiger partial charge in [0.2, 0.25) is 0 Å². The third-order valence-corrected chi connectivity index (χ3v) is 4.32. The smallest absolute Gasteiger partial charge is 0.320 e. The molecule has 0 aliphatic carbocycles. The quantitative estimate of drug-likeness (QED) is 0.837. The predicted molar refractivity (Wildman–Crippen MR) is 75.6 cm³/mol. The largest absolute Gasteiger partial charge is 0.480 e. The molecule has 2 amide bonds. The second-order valence-corrected chi connectivity index (χ2v) is 6.09. The molecule has 0 saturated carbocycles. The normalized spacial score (nSPS) is 24.4. The van der Waals surface area contributed by atoms with E-state index >= 15 is 0 Å². The highest BCUT2D eigenvalue weighted by molar-refractivity contribution is 5.75. The van der Waals surface area contributed by atoms with Gasteiger partial charge in [-0.05, 0) is 18.8 Å². The number of amides is 2. The molecule has 2 aliphatic rings. The Balaban J connectivity index is 1.87. The van der Waals surface area contributed by atoms with Gasteiger partial charge in [0.05, 0.1) is 6.54 Å².